The summed E-state index contributed by atoms with van der Waals surface area (Å²) in [6, 6.07) is 8.17. The van der Waals surface area contributed by atoms with Crippen molar-refractivity contribution in [1.82, 2.24) is 30.3 Å². The van der Waals surface area contributed by atoms with Crippen LogP contribution in [0.1, 0.15) is 25.3 Å². The van der Waals surface area contributed by atoms with E-state index in [2.05, 4.69) is 33.9 Å². The second-order valence-electron chi connectivity index (χ2n) is 7.19. The first-order chi connectivity index (χ1) is 14.4. The van der Waals surface area contributed by atoms with Crippen LogP contribution in [0.25, 0.3) is 17.0 Å². The Bertz CT molecular complexity index is 830. The number of hydrogen-bond acceptors (Lipinski definition) is 9. The third-order valence-corrected chi connectivity index (χ3v) is 4.82. The van der Waals surface area contributed by atoms with Crippen molar-refractivity contribution in [1.29, 1.82) is 0 Å². The second kappa shape index (κ2) is 10.2. The number of aryl methyl sites for hydroxylation is 1. The molecule has 3 rings (SSSR count). The van der Waals surface area contributed by atoms with Crippen molar-refractivity contribution in [3.63, 3.8) is 0 Å². The molecule has 0 spiro atoms. The SMILES string of the molecule is CCCN(COC)C(O)(O)ONN1CC=C(c2ccc(-c3ncn(C)n3)cc2)CC1. The Morgan fingerprint density at radius 3 is 2.53 bits per heavy atom. The van der Waals surface area contributed by atoms with Crippen molar-refractivity contribution in [2.45, 2.75) is 25.9 Å². The van der Waals surface area contributed by atoms with Gasteiger partial charge in [0.15, 0.2) is 5.82 Å². The van der Waals surface area contributed by atoms with Gasteiger partial charge in [-0.3, -0.25) is 4.68 Å². The van der Waals surface area contributed by atoms with Crippen LogP contribution in [0.5, 0.6) is 0 Å². The molecule has 0 amide bonds. The van der Waals surface area contributed by atoms with E-state index in [9.17, 15) is 10.2 Å². The van der Waals surface area contributed by atoms with Crippen LogP contribution in [0.2, 0.25) is 0 Å². The summed E-state index contributed by atoms with van der Waals surface area (Å²) < 4.78 is 6.68. The number of nitrogens with zero attached hydrogens (tertiary/aromatic N) is 5. The number of hydrogen-bond donors (Lipinski definition) is 3. The standard InChI is InChI=1S/C20H30N6O4/c1-4-11-25(15-29-3)20(27,28)30-23-26-12-9-17(10-13-26)16-5-7-18(8-6-16)19-21-14-24(2)22-19/h5-9,14,23,27-28H,4,10-13,15H2,1-3H3. The van der Waals surface area contributed by atoms with Gasteiger partial charge in [0.25, 0.3) is 0 Å². The molecule has 2 heterocycles. The Morgan fingerprint density at radius 2 is 1.97 bits per heavy atom. The normalized spacial score (nSPS) is 15.6. The highest BCUT2D eigenvalue weighted by Crippen LogP contribution is 2.24. The van der Waals surface area contributed by atoms with Crippen LogP contribution in [-0.2, 0) is 16.6 Å². The molecule has 3 N–H and O–H groups in total. The van der Waals surface area contributed by atoms with E-state index in [1.54, 1.807) is 16.0 Å². The summed E-state index contributed by atoms with van der Waals surface area (Å²) in [4.78, 5) is 10.7. The molecule has 10 heteroatoms. The number of aromatic nitrogens is 3. The van der Waals surface area contributed by atoms with Gasteiger partial charge in [-0.15, -0.1) is 5.59 Å². The van der Waals surface area contributed by atoms with E-state index in [1.807, 2.05) is 26.1 Å². The lowest BCUT2D eigenvalue weighted by molar-refractivity contribution is -0.452. The van der Waals surface area contributed by atoms with Crippen LogP contribution in [0.15, 0.2) is 36.7 Å². The highest BCUT2D eigenvalue weighted by Gasteiger charge is 2.34. The predicted molar refractivity (Wildman–Crippen MR) is 111 cm³/mol. The molecule has 0 aliphatic carbocycles. The molecule has 164 valence electrons. The molecule has 0 bridgehead atoms. The molecule has 0 saturated heterocycles. The molecular formula is C20H30N6O4. The Morgan fingerprint density at radius 1 is 1.23 bits per heavy atom. The van der Waals surface area contributed by atoms with Gasteiger partial charge in [-0.05, 0) is 24.0 Å². The van der Waals surface area contributed by atoms with Crippen molar-refractivity contribution in [2.24, 2.45) is 7.05 Å². The first kappa shape index (κ1) is 22.5. The van der Waals surface area contributed by atoms with Gasteiger partial charge in [-0.1, -0.05) is 37.3 Å². The molecule has 1 aliphatic rings. The monoisotopic (exact) mass is 418 g/mol. The fraction of sp³-hybridized carbons (Fsp3) is 0.500. The van der Waals surface area contributed by atoms with Crippen molar-refractivity contribution in [3.8, 4) is 11.4 Å². The summed E-state index contributed by atoms with van der Waals surface area (Å²) >= 11 is 0. The van der Waals surface area contributed by atoms with Crippen LogP contribution >= 0.6 is 0 Å². The van der Waals surface area contributed by atoms with Crippen LogP contribution in [0.3, 0.4) is 0 Å². The van der Waals surface area contributed by atoms with Gasteiger partial charge >= 0.3 is 6.10 Å². The van der Waals surface area contributed by atoms with Gasteiger partial charge in [-0.25, -0.2) is 19.7 Å². The van der Waals surface area contributed by atoms with Gasteiger partial charge in [-0.2, -0.15) is 5.10 Å². The lowest BCUT2D eigenvalue weighted by Gasteiger charge is -2.35. The number of benzene rings is 1. The molecule has 0 fully saturated rings. The van der Waals surface area contributed by atoms with Crippen molar-refractivity contribution >= 4 is 5.57 Å². The van der Waals surface area contributed by atoms with E-state index >= 15 is 0 Å². The molecule has 1 aromatic heterocycles. The molecule has 0 atom stereocenters. The van der Waals surface area contributed by atoms with Gasteiger partial charge in [0.1, 0.15) is 13.1 Å². The largest absolute Gasteiger partial charge is 0.369 e. The lowest BCUT2D eigenvalue weighted by atomic mass is 9.99. The summed E-state index contributed by atoms with van der Waals surface area (Å²) in [7, 11) is 3.33. The van der Waals surface area contributed by atoms with Crippen LogP contribution in [-0.4, -0.2) is 74.5 Å². The maximum absolute atomic E-state index is 10.2. The summed E-state index contributed by atoms with van der Waals surface area (Å²) in [6.07, 6.45) is 2.81. The topological polar surface area (TPSA) is 108 Å². The number of ether oxygens (including phenoxy) is 1. The van der Waals surface area contributed by atoms with Gasteiger partial charge < -0.3 is 14.9 Å². The average molecular weight is 418 g/mol. The number of nitrogens with one attached hydrogen (secondary N) is 1. The lowest BCUT2D eigenvalue weighted by Crippen LogP contribution is -2.57. The fourth-order valence-corrected chi connectivity index (χ4v) is 3.23. The Labute approximate surface area is 176 Å². The number of hydrazine groups is 1. The third-order valence-electron chi connectivity index (χ3n) is 4.82. The van der Waals surface area contributed by atoms with E-state index < -0.39 is 6.10 Å². The van der Waals surface area contributed by atoms with E-state index in [-0.39, 0.29) is 6.73 Å². The van der Waals surface area contributed by atoms with E-state index in [0.29, 0.717) is 25.5 Å². The second-order valence-corrected chi connectivity index (χ2v) is 7.19. The quantitative estimate of drug-likeness (QED) is 0.383. The minimum Gasteiger partial charge on any atom is -0.369 e. The number of methoxy groups -OCH3 is 1. The molecule has 10 nitrogen and oxygen atoms in total. The third kappa shape index (κ3) is 5.70. The molecule has 0 unspecified atom stereocenters. The van der Waals surface area contributed by atoms with E-state index in [1.165, 1.54) is 17.6 Å². The summed E-state index contributed by atoms with van der Waals surface area (Å²) in [5.74, 6) is 0.705. The molecule has 0 saturated carbocycles. The molecular weight excluding hydrogens is 388 g/mol. The maximum Gasteiger partial charge on any atom is 0.367 e. The van der Waals surface area contributed by atoms with Gasteiger partial charge in [0.2, 0.25) is 0 Å². The Balaban J connectivity index is 1.54. The Kier molecular flexibility index (Phi) is 7.67. The fourth-order valence-electron chi connectivity index (χ4n) is 3.23. The van der Waals surface area contributed by atoms with Gasteiger partial charge in [0.05, 0.1) is 0 Å². The molecule has 1 aliphatic heterocycles. The minimum atomic E-state index is -2.47. The predicted octanol–water partition coefficient (Wildman–Crippen LogP) is 0.919. The first-order valence-corrected chi connectivity index (χ1v) is 9.95. The van der Waals surface area contributed by atoms with E-state index in [4.69, 9.17) is 9.57 Å². The zero-order chi connectivity index (χ0) is 21.6. The highest BCUT2D eigenvalue weighted by molar-refractivity contribution is 5.69. The molecule has 30 heavy (non-hydrogen) atoms. The average Bonchev–Trinajstić information content (AvgIpc) is 3.19. The van der Waals surface area contributed by atoms with Crippen LogP contribution < -0.4 is 5.59 Å². The van der Waals surface area contributed by atoms with Gasteiger partial charge in [0, 0.05) is 39.4 Å². The summed E-state index contributed by atoms with van der Waals surface area (Å²) in [5.41, 5.74) is 5.98. The van der Waals surface area contributed by atoms with Crippen LogP contribution in [0.4, 0.5) is 0 Å². The van der Waals surface area contributed by atoms with Crippen molar-refractivity contribution < 1.29 is 19.8 Å². The van der Waals surface area contributed by atoms with E-state index in [0.717, 1.165) is 24.0 Å². The van der Waals surface area contributed by atoms with Crippen molar-refractivity contribution in [2.75, 3.05) is 33.5 Å². The zero-order valence-corrected chi connectivity index (χ0v) is 17.7. The molecule has 0 radical (unpaired) electrons. The smallest absolute Gasteiger partial charge is 0.367 e. The van der Waals surface area contributed by atoms with Crippen LogP contribution in [0, 0.1) is 0 Å². The molecule has 1 aromatic carbocycles. The zero-order valence-electron chi connectivity index (χ0n) is 17.7. The maximum atomic E-state index is 10.2. The minimum absolute atomic E-state index is 0.0383. The Hall–Kier alpha value is -2.18. The van der Waals surface area contributed by atoms with Crippen molar-refractivity contribution in [3.05, 3.63) is 42.2 Å². The summed E-state index contributed by atoms with van der Waals surface area (Å²) in [5, 5.41) is 26.5. The first-order valence-electron chi connectivity index (χ1n) is 9.95. The molecule has 2 aromatic rings. The number of aliphatic hydroxyl groups is 2. The summed E-state index contributed by atoms with van der Waals surface area (Å²) in [6.45, 7) is 3.60. The number of rotatable bonds is 10. The highest BCUT2D eigenvalue weighted by atomic mass is 16.9.